The van der Waals surface area contributed by atoms with Crippen molar-refractivity contribution < 1.29 is 9.53 Å². The van der Waals surface area contributed by atoms with Crippen molar-refractivity contribution in [2.45, 2.75) is 40.7 Å². The van der Waals surface area contributed by atoms with Gasteiger partial charge in [0.25, 0.3) is 0 Å². The van der Waals surface area contributed by atoms with Crippen molar-refractivity contribution in [3.63, 3.8) is 0 Å². The summed E-state index contributed by atoms with van der Waals surface area (Å²) in [6, 6.07) is 12.3. The van der Waals surface area contributed by atoms with Gasteiger partial charge in [0.2, 0.25) is 5.91 Å². The summed E-state index contributed by atoms with van der Waals surface area (Å²) in [7, 11) is 1.67. The number of carbonyl (C=O) groups excluding carboxylic acids is 1. The quantitative estimate of drug-likeness (QED) is 0.787. The van der Waals surface area contributed by atoms with E-state index in [1.54, 1.807) is 7.11 Å². The molecule has 4 heteroatoms. The molecule has 0 aliphatic carbocycles. The molecule has 2 rings (SSSR count). The molecule has 0 radical (unpaired) electrons. The van der Waals surface area contributed by atoms with Crippen LogP contribution in [0.15, 0.2) is 36.4 Å². The number of rotatable bonds is 7. The number of anilines is 1. The average molecular weight is 354 g/mol. The molecule has 1 unspecified atom stereocenters. The van der Waals surface area contributed by atoms with E-state index in [9.17, 15) is 4.79 Å². The molecule has 2 aromatic rings. The van der Waals surface area contributed by atoms with Gasteiger partial charge in [0.15, 0.2) is 0 Å². The highest BCUT2D eigenvalue weighted by atomic mass is 16.5. The van der Waals surface area contributed by atoms with Crippen LogP contribution < -0.4 is 10.1 Å². The van der Waals surface area contributed by atoms with E-state index in [-0.39, 0.29) is 11.9 Å². The maximum absolute atomic E-state index is 12.7. The lowest BCUT2D eigenvalue weighted by molar-refractivity contribution is -0.117. The predicted octanol–water partition coefficient (Wildman–Crippen LogP) is 4.64. The highest BCUT2D eigenvalue weighted by Crippen LogP contribution is 2.25. The van der Waals surface area contributed by atoms with Gasteiger partial charge in [-0.25, -0.2) is 0 Å². The van der Waals surface area contributed by atoms with Crippen LogP contribution in [0.25, 0.3) is 0 Å². The molecule has 0 aliphatic heterocycles. The van der Waals surface area contributed by atoms with Gasteiger partial charge < -0.3 is 10.1 Å². The lowest BCUT2D eigenvalue weighted by Crippen LogP contribution is -2.35. The first-order chi connectivity index (χ1) is 12.3. The lowest BCUT2D eigenvalue weighted by atomic mass is 10.0. The summed E-state index contributed by atoms with van der Waals surface area (Å²) >= 11 is 0. The van der Waals surface area contributed by atoms with Crippen molar-refractivity contribution >= 4 is 11.6 Å². The summed E-state index contributed by atoms with van der Waals surface area (Å²) in [6.07, 6.45) is 0. The van der Waals surface area contributed by atoms with E-state index in [4.69, 9.17) is 4.74 Å². The normalized spacial score (nSPS) is 12.1. The molecule has 0 aromatic heterocycles. The number of hydrogen-bond acceptors (Lipinski definition) is 3. The summed E-state index contributed by atoms with van der Waals surface area (Å²) in [5, 5.41) is 3.09. The molecule has 0 saturated carbocycles. The van der Waals surface area contributed by atoms with Crippen LogP contribution in [-0.4, -0.2) is 31.0 Å². The summed E-state index contributed by atoms with van der Waals surface area (Å²) < 4.78 is 5.32. The van der Waals surface area contributed by atoms with Crippen molar-refractivity contribution in [2.75, 3.05) is 25.5 Å². The molecule has 1 atom stereocenters. The number of amides is 1. The lowest BCUT2D eigenvalue weighted by Gasteiger charge is -2.28. The zero-order valence-electron chi connectivity index (χ0n) is 16.7. The highest BCUT2D eigenvalue weighted by Gasteiger charge is 2.18. The van der Waals surface area contributed by atoms with Gasteiger partial charge >= 0.3 is 0 Å². The Bertz CT molecular complexity index is 747. The van der Waals surface area contributed by atoms with E-state index in [1.807, 2.05) is 32.0 Å². The van der Waals surface area contributed by atoms with Crippen molar-refractivity contribution in [1.82, 2.24) is 4.90 Å². The maximum atomic E-state index is 12.7. The Hall–Kier alpha value is -2.33. The van der Waals surface area contributed by atoms with Crippen molar-refractivity contribution in [3.05, 3.63) is 58.7 Å². The zero-order valence-corrected chi connectivity index (χ0v) is 16.7. The number of nitrogens with zero attached hydrogens (tertiary/aromatic N) is 1. The monoisotopic (exact) mass is 354 g/mol. The number of methoxy groups -OCH3 is 1. The van der Waals surface area contributed by atoms with E-state index < -0.39 is 0 Å². The third-order valence-corrected chi connectivity index (χ3v) is 4.82. The summed E-state index contributed by atoms with van der Waals surface area (Å²) in [5.74, 6) is 0.845. The molecule has 0 aliphatic rings. The van der Waals surface area contributed by atoms with Crippen molar-refractivity contribution in [2.24, 2.45) is 0 Å². The van der Waals surface area contributed by atoms with Gasteiger partial charge in [0.1, 0.15) is 5.75 Å². The average Bonchev–Trinajstić information content (AvgIpc) is 2.62. The van der Waals surface area contributed by atoms with Crippen LogP contribution in [0.5, 0.6) is 5.75 Å². The first-order valence-electron chi connectivity index (χ1n) is 9.11. The van der Waals surface area contributed by atoms with Crippen LogP contribution in [0.2, 0.25) is 0 Å². The Balaban J connectivity index is 2.10. The molecule has 1 N–H and O–H groups in total. The van der Waals surface area contributed by atoms with Crippen LogP contribution >= 0.6 is 0 Å². The van der Waals surface area contributed by atoms with Gasteiger partial charge in [-0.3, -0.25) is 9.69 Å². The van der Waals surface area contributed by atoms with Crippen LogP contribution in [0.3, 0.4) is 0 Å². The molecule has 0 spiro atoms. The second-order valence-electron chi connectivity index (χ2n) is 6.84. The van der Waals surface area contributed by atoms with E-state index in [0.29, 0.717) is 6.54 Å². The Kier molecular flexibility index (Phi) is 6.81. The molecule has 4 nitrogen and oxygen atoms in total. The molecule has 0 fully saturated rings. The fourth-order valence-electron chi connectivity index (χ4n) is 3.38. The molecule has 2 aromatic carbocycles. The topological polar surface area (TPSA) is 41.6 Å². The number of benzene rings is 2. The largest absolute Gasteiger partial charge is 0.497 e. The fraction of sp³-hybridized carbons (Fsp3) is 0.409. The Morgan fingerprint density at radius 1 is 1.15 bits per heavy atom. The molecular formula is C22H30N2O2. The third kappa shape index (κ3) is 4.85. The molecule has 140 valence electrons. The molecule has 0 saturated heterocycles. The van der Waals surface area contributed by atoms with E-state index in [2.05, 4.69) is 49.2 Å². The van der Waals surface area contributed by atoms with Crippen LogP contribution in [-0.2, 0) is 4.79 Å². The van der Waals surface area contributed by atoms with Crippen molar-refractivity contribution in [1.29, 1.82) is 0 Å². The molecule has 0 heterocycles. The van der Waals surface area contributed by atoms with Gasteiger partial charge in [-0.15, -0.1) is 0 Å². The minimum absolute atomic E-state index is 0.0108. The number of carbonyl (C=O) groups is 1. The first kappa shape index (κ1) is 20.0. The van der Waals surface area contributed by atoms with Crippen LogP contribution in [0.4, 0.5) is 5.69 Å². The van der Waals surface area contributed by atoms with Crippen LogP contribution in [0, 0.1) is 20.8 Å². The summed E-state index contributed by atoms with van der Waals surface area (Å²) in [5.41, 5.74) is 5.46. The van der Waals surface area contributed by atoms with Gasteiger partial charge in [0, 0.05) is 11.7 Å². The number of nitrogens with one attached hydrogen (secondary N) is 1. The standard InChI is InChI=1S/C22H30N2O2/c1-7-24(18(5)19-9-8-10-20(13-19)26-6)14-21(25)23-22-16(3)11-15(2)12-17(22)4/h8-13,18H,7,14H2,1-6H3,(H,23,25). The van der Waals surface area contributed by atoms with E-state index in [0.717, 1.165) is 34.7 Å². The number of aryl methyl sites for hydroxylation is 3. The SMILES string of the molecule is CCN(CC(=O)Nc1c(C)cc(C)cc1C)C(C)c1cccc(OC)c1. The number of likely N-dealkylation sites (N-methyl/N-ethyl adjacent to an activating group) is 1. The third-order valence-electron chi connectivity index (χ3n) is 4.82. The number of hydrogen-bond donors (Lipinski definition) is 1. The summed E-state index contributed by atoms with van der Waals surface area (Å²) in [6.45, 7) is 11.5. The predicted molar refractivity (Wildman–Crippen MR) is 108 cm³/mol. The minimum atomic E-state index is 0.0108. The highest BCUT2D eigenvalue weighted by molar-refractivity contribution is 5.93. The molecule has 0 bridgehead atoms. The van der Waals surface area contributed by atoms with E-state index in [1.165, 1.54) is 5.56 Å². The maximum Gasteiger partial charge on any atom is 0.238 e. The smallest absolute Gasteiger partial charge is 0.238 e. The first-order valence-corrected chi connectivity index (χ1v) is 9.11. The number of ether oxygens (including phenoxy) is 1. The van der Waals surface area contributed by atoms with Gasteiger partial charge in [0.05, 0.1) is 13.7 Å². The Morgan fingerprint density at radius 2 is 1.81 bits per heavy atom. The zero-order chi connectivity index (χ0) is 19.3. The van der Waals surface area contributed by atoms with Gasteiger partial charge in [-0.05, 0) is 63.1 Å². The molecule has 26 heavy (non-hydrogen) atoms. The van der Waals surface area contributed by atoms with Gasteiger partial charge in [-0.1, -0.05) is 36.8 Å². The Labute approximate surface area is 157 Å². The second kappa shape index (κ2) is 8.86. The summed E-state index contributed by atoms with van der Waals surface area (Å²) in [4.78, 5) is 14.8. The van der Waals surface area contributed by atoms with E-state index >= 15 is 0 Å². The Morgan fingerprint density at radius 3 is 2.38 bits per heavy atom. The fourth-order valence-corrected chi connectivity index (χ4v) is 3.38. The van der Waals surface area contributed by atoms with Crippen LogP contribution in [0.1, 0.15) is 42.1 Å². The molecule has 1 amide bonds. The minimum Gasteiger partial charge on any atom is -0.497 e. The van der Waals surface area contributed by atoms with Gasteiger partial charge in [-0.2, -0.15) is 0 Å². The van der Waals surface area contributed by atoms with Crippen molar-refractivity contribution in [3.8, 4) is 5.75 Å². The molecular weight excluding hydrogens is 324 g/mol. The second-order valence-corrected chi connectivity index (χ2v) is 6.84.